The van der Waals surface area contributed by atoms with Crippen molar-refractivity contribution in [3.8, 4) is 11.1 Å². The number of nitrogens with one attached hydrogen (secondary N) is 1. The number of carbonyl (C=O) groups excluding carboxylic acids is 1. The number of carbonyl (C=O) groups is 1. The molecule has 1 aromatic heterocycles. The molecule has 1 fully saturated rings. The van der Waals surface area contributed by atoms with Crippen LogP contribution in [0.15, 0.2) is 79.1 Å². The SMILES string of the molecule is O=C(CNc1cccnc1)N1CCN(c2ccccc2-c2ccccc2)CC1. The van der Waals surface area contributed by atoms with E-state index >= 15 is 0 Å². The largest absolute Gasteiger partial charge is 0.375 e. The number of piperazine rings is 1. The second kappa shape index (κ2) is 8.57. The van der Waals surface area contributed by atoms with Crippen LogP contribution in [0.4, 0.5) is 11.4 Å². The van der Waals surface area contributed by atoms with Gasteiger partial charge in [0.25, 0.3) is 0 Å². The molecule has 1 N–H and O–H groups in total. The quantitative estimate of drug-likeness (QED) is 0.745. The maximum atomic E-state index is 12.5. The molecule has 2 heterocycles. The summed E-state index contributed by atoms with van der Waals surface area (Å²) in [5.41, 5.74) is 4.55. The van der Waals surface area contributed by atoms with Crippen molar-refractivity contribution in [3.05, 3.63) is 79.1 Å². The minimum atomic E-state index is 0.125. The first-order chi connectivity index (χ1) is 13.8. The van der Waals surface area contributed by atoms with Gasteiger partial charge in [0.15, 0.2) is 0 Å². The summed E-state index contributed by atoms with van der Waals surface area (Å²) < 4.78 is 0. The zero-order chi connectivity index (χ0) is 19.2. The lowest BCUT2D eigenvalue weighted by molar-refractivity contribution is -0.129. The monoisotopic (exact) mass is 372 g/mol. The number of para-hydroxylation sites is 1. The van der Waals surface area contributed by atoms with Crippen molar-refractivity contribution in [2.24, 2.45) is 0 Å². The second-order valence-electron chi connectivity index (χ2n) is 6.85. The van der Waals surface area contributed by atoms with Gasteiger partial charge < -0.3 is 15.1 Å². The Morgan fingerprint density at radius 2 is 1.64 bits per heavy atom. The molecule has 1 amide bonds. The Kier molecular flexibility index (Phi) is 5.52. The van der Waals surface area contributed by atoms with Gasteiger partial charge in [-0.3, -0.25) is 9.78 Å². The smallest absolute Gasteiger partial charge is 0.241 e. The van der Waals surface area contributed by atoms with Gasteiger partial charge in [0, 0.05) is 49.8 Å². The first-order valence-corrected chi connectivity index (χ1v) is 9.62. The van der Waals surface area contributed by atoms with E-state index in [9.17, 15) is 4.79 Å². The van der Waals surface area contributed by atoms with E-state index < -0.39 is 0 Å². The van der Waals surface area contributed by atoms with E-state index in [0.29, 0.717) is 6.54 Å². The van der Waals surface area contributed by atoms with E-state index in [1.165, 1.54) is 16.8 Å². The normalized spacial score (nSPS) is 14.0. The van der Waals surface area contributed by atoms with Crippen LogP contribution in [0.3, 0.4) is 0 Å². The highest BCUT2D eigenvalue weighted by Crippen LogP contribution is 2.31. The number of rotatable bonds is 5. The summed E-state index contributed by atoms with van der Waals surface area (Å²) in [4.78, 5) is 20.9. The van der Waals surface area contributed by atoms with E-state index in [1.807, 2.05) is 23.1 Å². The summed E-state index contributed by atoms with van der Waals surface area (Å²) in [6.07, 6.45) is 3.45. The average molecular weight is 372 g/mol. The first-order valence-electron chi connectivity index (χ1n) is 9.62. The summed E-state index contributed by atoms with van der Waals surface area (Å²) in [7, 11) is 0. The van der Waals surface area contributed by atoms with Gasteiger partial charge in [-0.05, 0) is 23.8 Å². The van der Waals surface area contributed by atoms with E-state index in [2.05, 4.69) is 63.7 Å². The van der Waals surface area contributed by atoms with Crippen molar-refractivity contribution < 1.29 is 4.79 Å². The molecular weight excluding hydrogens is 348 g/mol. The van der Waals surface area contributed by atoms with Crippen molar-refractivity contribution in [1.82, 2.24) is 9.88 Å². The number of benzene rings is 2. The molecule has 2 aromatic carbocycles. The molecule has 0 spiro atoms. The molecule has 0 radical (unpaired) electrons. The second-order valence-corrected chi connectivity index (χ2v) is 6.85. The van der Waals surface area contributed by atoms with Gasteiger partial charge in [-0.25, -0.2) is 0 Å². The lowest BCUT2D eigenvalue weighted by Crippen LogP contribution is -2.50. The van der Waals surface area contributed by atoms with E-state index in [-0.39, 0.29) is 5.91 Å². The molecule has 0 saturated carbocycles. The van der Waals surface area contributed by atoms with Gasteiger partial charge in [0.05, 0.1) is 12.2 Å². The van der Waals surface area contributed by atoms with Gasteiger partial charge in [0.1, 0.15) is 0 Å². The maximum Gasteiger partial charge on any atom is 0.241 e. The number of pyridine rings is 1. The number of nitrogens with zero attached hydrogens (tertiary/aromatic N) is 3. The Labute approximate surface area is 165 Å². The van der Waals surface area contributed by atoms with Crippen molar-refractivity contribution >= 4 is 17.3 Å². The highest BCUT2D eigenvalue weighted by Gasteiger charge is 2.22. The summed E-state index contributed by atoms with van der Waals surface area (Å²) in [5.74, 6) is 0.125. The summed E-state index contributed by atoms with van der Waals surface area (Å²) in [6.45, 7) is 3.44. The summed E-state index contributed by atoms with van der Waals surface area (Å²) in [5, 5.41) is 3.15. The zero-order valence-electron chi connectivity index (χ0n) is 15.8. The fourth-order valence-electron chi connectivity index (χ4n) is 3.56. The average Bonchev–Trinajstić information content (AvgIpc) is 2.79. The Morgan fingerprint density at radius 3 is 2.39 bits per heavy atom. The van der Waals surface area contributed by atoms with Crippen LogP contribution in [0.5, 0.6) is 0 Å². The summed E-state index contributed by atoms with van der Waals surface area (Å²) >= 11 is 0. The topological polar surface area (TPSA) is 48.5 Å². The van der Waals surface area contributed by atoms with Crippen LogP contribution >= 0.6 is 0 Å². The molecule has 1 aliphatic rings. The lowest BCUT2D eigenvalue weighted by Gasteiger charge is -2.37. The van der Waals surface area contributed by atoms with Gasteiger partial charge in [-0.15, -0.1) is 0 Å². The number of hydrogen-bond donors (Lipinski definition) is 1. The van der Waals surface area contributed by atoms with Gasteiger partial charge in [-0.2, -0.15) is 0 Å². The van der Waals surface area contributed by atoms with E-state index in [4.69, 9.17) is 0 Å². The molecule has 5 nitrogen and oxygen atoms in total. The predicted octanol–water partition coefficient (Wildman–Crippen LogP) is 3.51. The molecule has 0 bridgehead atoms. The lowest BCUT2D eigenvalue weighted by atomic mass is 10.0. The molecule has 0 unspecified atom stereocenters. The molecule has 4 rings (SSSR count). The van der Waals surface area contributed by atoms with Crippen molar-refractivity contribution in [1.29, 1.82) is 0 Å². The molecule has 0 atom stereocenters. The number of hydrogen-bond acceptors (Lipinski definition) is 4. The Hall–Kier alpha value is -3.34. The van der Waals surface area contributed by atoms with Crippen molar-refractivity contribution in [2.45, 2.75) is 0 Å². The minimum Gasteiger partial charge on any atom is -0.375 e. The molecule has 0 aliphatic carbocycles. The van der Waals surface area contributed by atoms with Gasteiger partial charge in [0.2, 0.25) is 5.91 Å². The summed E-state index contributed by atoms with van der Waals surface area (Å²) in [6, 6.07) is 22.7. The first kappa shape index (κ1) is 18.0. The molecule has 1 saturated heterocycles. The molecule has 1 aliphatic heterocycles. The highest BCUT2D eigenvalue weighted by atomic mass is 16.2. The highest BCUT2D eigenvalue weighted by molar-refractivity contribution is 5.82. The predicted molar refractivity (Wildman–Crippen MR) is 113 cm³/mol. The maximum absolute atomic E-state index is 12.5. The minimum absolute atomic E-state index is 0.125. The van der Waals surface area contributed by atoms with Crippen LogP contribution in [0.1, 0.15) is 0 Å². The fourth-order valence-corrected chi connectivity index (χ4v) is 3.56. The number of anilines is 2. The van der Waals surface area contributed by atoms with Crippen molar-refractivity contribution in [3.63, 3.8) is 0 Å². The molecular formula is C23H24N4O. The van der Waals surface area contributed by atoms with Crippen LogP contribution < -0.4 is 10.2 Å². The number of amides is 1. The van der Waals surface area contributed by atoms with Crippen LogP contribution in [-0.4, -0.2) is 48.5 Å². The zero-order valence-corrected chi connectivity index (χ0v) is 15.8. The third-order valence-electron chi connectivity index (χ3n) is 5.07. The molecule has 3 aromatic rings. The third kappa shape index (κ3) is 4.14. The Morgan fingerprint density at radius 1 is 0.893 bits per heavy atom. The molecule has 5 heteroatoms. The van der Waals surface area contributed by atoms with Gasteiger partial charge in [-0.1, -0.05) is 48.5 Å². The number of aromatic nitrogens is 1. The third-order valence-corrected chi connectivity index (χ3v) is 5.07. The van der Waals surface area contributed by atoms with E-state index in [1.54, 1.807) is 12.4 Å². The Bertz CT molecular complexity index is 906. The van der Waals surface area contributed by atoms with E-state index in [0.717, 1.165) is 31.9 Å². The van der Waals surface area contributed by atoms with Crippen LogP contribution in [0.2, 0.25) is 0 Å². The van der Waals surface area contributed by atoms with Gasteiger partial charge >= 0.3 is 0 Å². The van der Waals surface area contributed by atoms with Crippen LogP contribution in [0, 0.1) is 0 Å². The van der Waals surface area contributed by atoms with Crippen LogP contribution in [-0.2, 0) is 4.79 Å². The standard InChI is InChI=1S/C23H24N4O/c28-23(18-25-20-9-6-12-24-17-20)27-15-13-26(14-16-27)22-11-5-4-10-21(22)19-7-2-1-3-8-19/h1-12,17,25H,13-16,18H2. The molecule has 142 valence electrons. The van der Waals surface area contributed by atoms with Crippen molar-refractivity contribution in [2.75, 3.05) is 42.9 Å². The molecule has 28 heavy (non-hydrogen) atoms. The Balaban J connectivity index is 1.38. The van der Waals surface area contributed by atoms with Crippen LogP contribution in [0.25, 0.3) is 11.1 Å². The fraction of sp³-hybridized carbons (Fsp3) is 0.217.